The summed E-state index contributed by atoms with van der Waals surface area (Å²) in [6.45, 7) is 0.331. The number of fused-ring (bicyclic) bond motifs is 1. The van der Waals surface area contributed by atoms with Crippen LogP contribution in [0.25, 0.3) is 0 Å². The van der Waals surface area contributed by atoms with Gasteiger partial charge in [0.2, 0.25) is 15.9 Å². The van der Waals surface area contributed by atoms with Gasteiger partial charge in [-0.25, -0.2) is 13.4 Å². The largest absolute Gasteiger partial charge is 0.301 e. The maximum absolute atomic E-state index is 13.0. The Labute approximate surface area is 167 Å². The number of anilines is 1. The molecule has 4 rings (SSSR count). The van der Waals surface area contributed by atoms with Gasteiger partial charge in [-0.05, 0) is 62.8 Å². The average molecular weight is 426 g/mol. The first-order valence-electron chi connectivity index (χ1n) is 9.02. The maximum Gasteiger partial charge on any atom is 0.244 e. The van der Waals surface area contributed by atoms with Crippen molar-refractivity contribution < 1.29 is 13.2 Å². The topological polar surface area (TPSA) is 79.4 Å². The minimum atomic E-state index is -3.75. The van der Waals surface area contributed by atoms with Crippen LogP contribution in [0.4, 0.5) is 5.13 Å². The molecule has 1 amide bonds. The second-order valence-corrected chi connectivity index (χ2v) is 10.2. The number of halogens is 1. The van der Waals surface area contributed by atoms with Gasteiger partial charge in [0.1, 0.15) is 6.04 Å². The van der Waals surface area contributed by atoms with E-state index >= 15 is 0 Å². The molecule has 144 valence electrons. The minimum Gasteiger partial charge on any atom is -0.301 e. The van der Waals surface area contributed by atoms with Crippen molar-refractivity contribution in [3.63, 3.8) is 0 Å². The first kappa shape index (κ1) is 18.9. The van der Waals surface area contributed by atoms with Gasteiger partial charge in [-0.1, -0.05) is 11.6 Å². The molecule has 1 aromatic carbocycles. The molecule has 0 radical (unpaired) electrons. The summed E-state index contributed by atoms with van der Waals surface area (Å²) >= 11 is 7.36. The predicted octanol–water partition coefficient (Wildman–Crippen LogP) is 3.47. The highest BCUT2D eigenvalue weighted by Crippen LogP contribution is 2.31. The van der Waals surface area contributed by atoms with Gasteiger partial charge in [0.15, 0.2) is 5.13 Å². The lowest BCUT2D eigenvalue weighted by atomic mass is 10.0. The molecule has 1 saturated heterocycles. The zero-order valence-corrected chi connectivity index (χ0v) is 17.0. The number of benzene rings is 1. The number of carbonyl (C=O) groups excluding carboxylic acids is 1. The molecule has 6 nitrogen and oxygen atoms in total. The quantitative estimate of drug-likeness (QED) is 0.813. The fraction of sp³-hybridized carbons (Fsp3) is 0.444. The van der Waals surface area contributed by atoms with Crippen LogP contribution in [0, 0.1) is 0 Å². The number of hydrogen-bond donors (Lipinski definition) is 1. The van der Waals surface area contributed by atoms with Gasteiger partial charge in [-0.2, -0.15) is 4.31 Å². The fourth-order valence-corrected chi connectivity index (χ4v) is 6.46. The van der Waals surface area contributed by atoms with Gasteiger partial charge < -0.3 is 5.32 Å². The van der Waals surface area contributed by atoms with Gasteiger partial charge in [0.25, 0.3) is 0 Å². The Bertz CT molecular complexity index is 933. The standard InChI is InChI=1S/C18H20ClN3O3S2/c19-12-7-9-13(10-8-12)27(24,25)22-11-3-5-15(22)17(23)21-18-20-14-4-1-2-6-16(14)26-18/h7-10,15H,1-6,11H2,(H,20,21,23). The number of hydrogen-bond acceptors (Lipinski definition) is 5. The second-order valence-electron chi connectivity index (χ2n) is 6.81. The van der Waals surface area contributed by atoms with E-state index in [4.69, 9.17) is 11.6 Å². The number of carbonyl (C=O) groups is 1. The van der Waals surface area contributed by atoms with Gasteiger partial charge >= 0.3 is 0 Å². The van der Waals surface area contributed by atoms with Crippen LogP contribution in [-0.2, 0) is 27.7 Å². The van der Waals surface area contributed by atoms with Crippen LogP contribution >= 0.6 is 22.9 Å². The predicted molar refractivity (Wildman–Crippen MR) is 106 cm³/mol. The van der Waals surface area contributed by atoms with Crippen LogP contribution in [-0.4, -0.2) is 36.2 Å². The first-order valence-corrected chi connectivity index (χ1v) is 11.7. The summed E-state index contributed by atoms with van der Waals surface area (Å²) in [5, 5.41) is 3.89. The fourth-order valence-electron chi connectivity index (χ4n) is 3.63. The van der Waals surface area contributed by atoms with Crippen molar-refractivity contribution in [2.45, 2.75) is 49.5 Å². The molecule has 0 saturated carbocycles. The van der Waals surface area contributed by atoms with Crippen LogP contribution < -0.4 is 5.32 Å². The molecule has 2 aromatic rings. The lowest BCUT2D eigenvalue weighted by Gasteiger charge is -2.23. The monoisotopic (exact) mass is 425 g/mol. The van der Waals surface area contributed by atoms with Crippen LogP contribution in [0.3, 0.4) is 0 Å². The van der Waals surface area contributed by atoms with E-state index in [-0.39, 0.29) is 10.8 Å². The molecule has 2 aliphatic rings. The highest BCUT2D eigenvalue weighted by Gasteiger charge is 2.39. The van der Waals surface area contributed by atoms with Crippen molar-refractivity contribution in [2.24, 2.45) is 0 Å². The SMILES string of the molecule is O=C(Nc1nc2c(s1)CCCC2)C1CCCN1S(=O)(=O)c1ccc(Cl)cc1. The molecule has 9 heteroatoms. The molecule has 27 heavy (non-hydrogen) atoms. The number of nitrogens with one attached hydrogen (secondary N) is 1. The first-order chi connectivity index (χ1) is 12.9. The molecule has 0 spiro atoms. The van der Waals surface area contributed by atoms with E-state index < -0.39 is 16.1 Å². The zero-order valence-electron chi connectivity index (χ0n) is 14.7. The van der Waals surface area contributed by atoms with Crippen LogP contribution in [0.2, 0.25) is 5.02 Å². The molecule has 1 N–H and O–H groups in total. The summed E-state index contributed by atoms with van der Waals surface area (Å²) in [6, 6.07) is 5.31. The molecule has 1 aliphatic carbocycles. The zero-order chi connectivity index (χ0) is 19.0. The highest BCUT2D eigenvalue weighted by atomic mass is 35.5. The number of rotatable bonds is 4. The van der Waals surface area contributed by atoms with Gasteiger partial charge in [-0.15, -0.1) is 11.3 Å². The van der Waals surface area contributed by atoms with E-state index in [1.807, 2.05) is 0 Å². The molecule has 1 aromatic heterocycles. The molecule has 2 heterocycles. The van der Waals surface area contributed by atoms with Gasteiger partial charge in [0, 0.05) is 16.4 Å². The Morgan fingerprint density at radius 3 is 2.67 bits per heavy atom. The van der Waals surface area contributed by atoms with Crippen molar-refractivity contribution in [3.8, 4) is 0 Å². The van der Waals surface area contributed by atoms with Gasteiger partial charge in [0.05, 0.1) is 10.6 Å². The normalized spacial score (nSPS) is 20.4. The van der Waals surface area contributed by atoms with Crippen molar-refractivity contribution in [1.29, 1.82) is 0 Å². The molecule has 1 unspecified atom stereocenters. The number of nitrogens with zero attached hydrogens (tertiary/aromatic N) is 2. The molecule has 0 bridgehead atoms. The third-order valence-corrected chi connectivity index (χ3v) is 8.25. The van der Waals surface area contributed by atoms with Crippen molar-refractivity contribution >= 4 is 44.0 Å². The third kappa shape index (κ3) is 3.76. The van der Waals surface area contributed by atoms with Crippen LogP contribution in [0.5, 0.6) is 0 Å². The molecule has 1 atom stereocenters. The average Bonchev–Trinajstić information content (AvgIpc) is 3.29. The lowest BCUT2D eigenvalue weighted by Crippen LogP contribution is -2.43. The van der Waals surface area contributed by atoms with Crippen molar-refractivity contribution in [2.75, 3.05) is 11.9 Å². The van der Waals surface area contributed by atoms with Gasteiger partial charge in [-0.3, -0.25) is 4.79 Å². The van der Waals surface area contributed by atoms with Crippen LogP contribution in [0.1, 0.15) is 36.3 Å². The van der Waals surface area contributed by atoms with E-state index in [0.717, 1.165) is 31.4 Å². The lowest BCUT2D eigenvalue weighted by molar-refractivity contribution is -0.119. The number of sulfonamides is 1. The van der Waals surface area contributed by atoms with Crippen molar-refractivity contribution in [1.82, 2.24) is 9.29 Å². The third-order valence-electron chi connectivity index (χ3n) is 5.00. The number of aromatic nitrogens is 1. The highest BCUT2D eigenvalue weighted by molar-refractivity contribution is 7.89. The molecule has 1 fully saturated rings. The Morgan fingerprint density at radius 2 is 1.93 bits per heavy atom. The smallest absolute Gasteiger partial charge is 0.244 e. The summed E-state index contributed by atoms with van der Waals surface area (Å²) in [5.41, 5.74) is 1.07. The van der Waals surface area contributed by atoms with E-state index in [2.05, 4.69) is 10.3 Å². The Hall–Kier alpha value is -1.48. The number of thiazole rings is 1. The number of amides is 1. The summed E-state index contributed by atoms with van der Waals surface area (Å²) in [4.78, 5) is 18.7. The van der Waals surface area contributed by atoms with Crippen LogP contribution in [0.15, 0.2) is 29.2 Å². The molecular weight excluding hydrogens is 406 g/mol. The Balaban J connectivity index is 1.53. The molecule has 1 aliphatic heterocycles. The van der Waals surface area contributed by atoms with Crippen molar-refractivity contribution in [3.05, 3.63) is 39.9 Å². The summed E-state index contributed by atoms with van der Waals surface area (Å²) in [5.74, 6) is -0.309. The second kappa shape index (κ2) is 7.50. The Kier molecular flexibility index (Phi) is 5.24. The molecular formula is C18H20ClN3O3S2. The van der Waals surface area contributed by atoms with E-state index in [9.17, 15) is 13.2 Å². The van der Waals surface area contributed by atoms with E-state index in [1.165, 1.54) is 32.7 Å². The minimum absolute atomic E-state index is 0.149. The summed E-state index contributed by atoms with van der Waals surface area (Å²) in [6.07, 6.45) is 5.38. The summed E-state index contributed by atoms with van der Waals surface area (Å²) < 4.78 is 27.2. The van der Waals surface area contributed by atoms with E-state index in [1.54, 1.807) is 12.1 Å². The van der Waals surface area contributed by atoms with E-state index in [0.29, 0.717) is 29.5 Å². The summed E-state index contributed by atoms with van der Waals surface area (Å²) in [7, 11) is -3.75. The number of aryl methyl sites for hydroxylation is 2. The maximum atomic E-state index is 13.0. The Morgan fingerprint density at radius 1 is 1.19 bits per heavy atom.